The lowest BCUT2D eigenvalue weighted by Gasteiger charge is -2.24. The summed E-state index contributed by atoms with van der Waals surface area (Å²) in [5.41, 5.74) is 2.99. The zero-order valence-electron chi connectivity index (χ0n) is 11.5. The van der Waals surface area contributed by atoms with Crippen molar-refractivity contribution in [1.29, 1.82) is 0 Å². The smallest absolute Gasteiger partial charge is 0.160 e. The molecule has 1 saturated heterocycles. The molecule has 0 saturated carbocycles. The lowest BCUT2D eigenvalue weighted by molar-refractivity contribution is 0.457. The predicted octanol–water partition coefficient (Wildman–Crippen LogP) is 2.60. The molecule has 2 aromatic rings. The van der Waals surface area contributed by atoms with E-state index < -0.39 is 10.8 Å². The lowest BCUT2D eigenvalue weighted by atomic mass is 10.1. The maximum atomic E-state index is 11.5. The van der Waals surface area contributed by atoms with E-state index in [0.29, 0.717) is 11.9 Å². The van der Waals surface area contributed by atoms with E-state index >= 15 is 0 Å². The lowest BCUT2D eigenvalue weighted by Crippen LogP contribution is -2.23. The number of fused-ring (bicyclic) bond motifs is 1. The molecule has 2 aromatic heterocycles. The zero-order chi connectivity index (χ0) is 14.1. The van der Waals surface area contributed by atoms with Crippen molar-refractivity contribution in [3.63, 3.8) is 0 Å². The van der Waals surface area contributed by atoms with Gasteiger partial charge >= 0.3 is 0 Å². The largest absolute Gasteiger partial charge is 0.309 e. The minimum Gasteiger partial charge on any atom is -0.309 e. The van der Waals surface area contributed by atoms with Gasteiger partial charge in [0.1, 0.15) is 11.3 Å². The average molecular weight is 312 g/mol. The summed E-state index contributed by atoms with van der Waals surface area (Å²) in [5, 5.41) is 0. The number of pyridine rings is 1. The molecule has 0 aliphatic carbocycles. The van der Waals surface area contributed by atoms with Gasteiger partial charge in [0.15, 0.2) is 5.65 Å². The number of alkyl halides is 1. The highest BCUT2D eigenvalue weighted by atomic mass is 35.5. The number of nitrogens with zero attached hydrogens (tertiary/aromatic N) is 3. The first-order valence-electron chi connectivity index (χ1n) is 6.93. The van der Waals surface area contributed by atoms with E-state index in [9.17, 15) is 4.21 Å². The third-order valence-corrected chi connectivity index (χ3v) is 5.35. The molecule has 1 aliphatic heterocycles. The van der Waals surface area contributed by atoms with Crippen LogP contribution in [0.2, 0.25) is 0 Å². The molecule has 0 bridgehead atoms. The van der Waals surface area contributed by atoms with Crippen LogP contribution in [0.25, 0.3) is 11.2 Å². The van der Waals surface area contributed by atoms with E-state index in [1.807, 2.05) is 13.1 Å². The van der Waals surface area contributed by atoms with Crippen molar-refractivity contribution in [3.8, 4) is 0 Å². The van der Waals surface area contributed by atoms with Gasteiger partial charge in [-0.05, 0) is 31.4 Å². The third-order valence-electron chi connectivity index (χ3n) is 3.78. The fourth-order valence-electron chi connectivity index (χ4n) is 2.81. The van der Waals surface area contributed by atoms with Crippen molar-refractivity contribution < 1.29 is 4.21 Å². The number of aryl methyl sites for hydroxylation is 2. The van der Waals surface area contributed by atoms with E-state index in [-0.39, 0.29) is 0 Å². The summed E-state index contributed by atoms with van der Waals surface area (Å²) in [6.45, 7) is 2.02. The van der Waals surface area contributed by atoms with Gasteiger partial charge in [0.05, 0.1) is 0 Å². The van der Waals surface area contributed by atoms with Crippen molar-refractivity contribution in [2.45, 2.75) is 32.2 Å². The topological polar surface area (TPSA) is 47.8 Å². The summed E-state index contributed by atoms with van der Waals surface area (Å²) < 4.78 is 13.8. The molecule has 1 aliphatic rings. The van der Waals surface area contributed by atoms with E-state index in [4.69, 9.17) is 16.6 Å². The average Bonchev–Trinajstić information content (AvgIpc) is 2.77. The molecule has 6 heteroatoms. The van der Waals surface area contributed by atoms with E-state index in [2.05, 4.69) is 15.6 Å². The molecule has 4 nitrogen and oxygen atoms in total. The molecule has 0 unspecified atom stereocenters. The Morgan fingerprint density at radius 1 is 1.45 bits per heavy atom. The zero-order valence-corrected chi connectivity index (χ0v) is 13.1. The van der Waals surface area contributed by atoms with E-state index in [0.717, 1.165) is 53.3 Å². The Morgan fingerprint density at radius 2 is 2.20 bits per heavy atom. The van der Waals surface area contributed by atoms with Gasteiger partial charge in [-0.1, -0.05) is 0 Å². The Hall–Kier alpha value is -0.940. The van der Waals surface area contributed by atoms with Crippen molar-refractivity contribution >= 4 is 33.6 Å². The van der Waals surface area contributed by atoms with Crippen molar-refractivity contribution in [2.75, 3.05) is 17.4 Å². The molecule has 0 N–H and O–H groups in total. The number of hydrogen-bond donors (Lipinski definition) is 0. The number of aromatic nitrogens is 3. The van der Waals surface area contributed by atoms with Crippen LogP contribution in [0.3, 0.4) is 0 Å². The van der Waals surface area contributed by atoms with Crippen LogP contribution in [0.15, 0.2) is 12.3 Å². The molecule has 0 aromatic carbocycles. The van der Waals surface area contributed by atoms with Gasteiger partial charge in [0.2, 0.25) is 0 Å². The highest BCUT2D eigenvalue weighted by molar-refractivity contribution is 7.85. The molecule has 3 heterocycles. The Balaban J connectivity index is 2.06. The normalized spacial score (nSPS) is 23.3. The summed E-state index contributed by atoms with van der Waals surface area (Å²) in [5.74, 6) is 3.11. The Bertz CT molecular complexity index is 645. The van der Waals surface area contributed by atoms with Gasteiger partial charge in [-0.25, -0.2) is 9.97 Å². The molecule has 1 fully saturated rings. The van der Waals surface area contributed by atoms with Gasteiger partial charge in [-0.3, -0.25) is 4.21 Å². The number of rotatable bonds is 3. The second-order valence-electron chi connectivity index (χ2n) is 5.27. The van der Waals surface area contributed by atoms with Crippen molar-refractivity contribution in [2.24, 2.45) is 0 Å². The van der Waals surface area contributed by atoms with Crippen LogP contribution in [0.5, 0.6) is 0 Å². The minimum absolute atomic E-state index is 0.353. The molecular formula is C14H18ClN3OS. The molecule has 108 valence electrons. The summed E-state index contributed by atoms with van der Waals surface area (Å²) in [4.78, 5) is 9.26. The quantitative estimate of drug-likeness (QED) is 0.819. The van der Waals surface area contributed by atoms with Crippen molar-refractivity contribution in [1.82, 2.24) is 14.5 Å². The highest BCUT2D eigenvalue weighted by Gasteiger charge is 2.24. The molecule has 0 amide bonds. The SMILES string of the molecule is Cc1cnc2c(c1)nc(CCCl)n2C1CCS(=O)CC1. The Labute approximate surface area is 126 Å². The number of hydrogen-bond acceptors (Lipinski definition) is 3. The monoisotopic (exact) mass is 311 g/mol. The molecule has 3 rings (SSSR count). The molecular weight excluding hydrogens is 294 g/mol. The summed E-state index contributed by atoms with van der Waals surface area (Å²) in [6.07, 6.45) is 4.49. The predicted molar refractivity (Wildman–Crippen MR) is 82.8 cm³/mol. The van der Waals surface area contributed by atoms with Gasteiger partial charge in [-0.2, -0.15) is 0 Å². The standard InChI is InChI=1S/C14H18ClN3OS/c1-10-8-12-14(16-9-10)18(13(17-12)2-5-15)11-3-6-20(19)7-4-11/h8-9,11H,2-7H2,1H3. The summed E-state index contributed by atoms with van der Waals surface area (Å²) in [7, 11) is -0.650. The second kappa shape index (κ2) is 5.82. The van der Waals surface area contributed by atoms with Gasteiger partial charge in [0, 0.05) is 46.8 Å². The van der Waals surface area contributed by atoms with E-state index in [1.54, 1.807) is 0 Å². The second-order valence-corrected chi connectivity index (χ2v) is 7.35. The van der Waals surface area contributed by atoms with Crippen LogP contribution in [-0.2, 0) is 17.2 Å². The third kappa shape index (κ3) is 2.61. The van der Waals surface area contributed by atoms with Crippen molar-refractivity contribution in [3.05, 3.63) is 23.7 Å². The van der Waals surface area contributed by atoms with Crippen LogP contribution in [-0.4, -0.2) is 36.1 Å². The number of halogens is 1. The van der Waals surface area contributed by atoms with Crippen LogP contribution >= 0.6 is 11.6 Å². The van der Waals surface area contributed by atoms with E-state index in [1.165, 1.54) is 0 Å². The summed E-state index contributed by atoms with van der Waals surface area (Å²) in [6, 6.07) is 2.42. The molecule has 0 radical (unpaired) electrons. The first-order valence-corrected chi connectivity index (χ1v) is 8.95. The van der Waals surface area contributed by atoms with Crippen LogP contribution in [0.1, 0.15) is 30.3 Å². The summed E-state index contributed by atoms with van der Waals surface area (Å²) >= 11 is 5.91. The maximum Gasteiger partial charge on any atom is 0.160 e. The molecule has 0 spiro atoms. The van der Waals surface area contributed by atoms with Gasteiger partial charge in [0.25, 0.3) is 0 Å². The fourth-order valence-corrected chi connectivity index (χ4v) is 4.26. The van der Waals surface area contributed by atoms with Crippen LogP contribution in [0, 0.1) is 6.92 Å². The Morgan fingerprint density at radius 3 is 2.90 bits per heavy atom. The molecule has 0 atom stereocenters. The fraction of sp³-hybridized carbons (Fsp3) is 0.571. The first kappa shape index (κ1) is 14.0. The minimum atomic E-state index is -0.650. The maximum absolute atomic E-state index is 11.5. The molecule has 20 heavy (non-hydrogen) atoms. The van der Waals surface area contributed by atoms with Gasteiger partial charge < -0.3 is 4.57 Å². The Kier molecular flexibility index (Phi) is 4.08. The number of imidazole rings is 1. The van der Waals surface area contributed by atoms with Crippen LogP contribution in [0.4, 0.5) is 0 Å². The highest BCUT2D eigenvalue weighted by Crippen LogP contribution is 2.28. The van der Waals surface area contributed by atoms with Gasteiger partial charge in [-0.15, -0.1) is 11.6 Å². The van der Waals surface area contributed by atoms with Crippen LogP contribution < -0.4 is 0 Å². The first-order chi connectivity index (χ1) is 9.69.